The summed E-state index contributed by atoms with van der Waals surface area (Å²) in [6, 6.07) is 15.5. The van der Waals surface area contributed by atoms with Crippen LogP contribution in [-0.4, -0.2) is 55.5 Å². The predicted octanol–water partition coefficient (Wildman–Crippen LogP) is 2.77. The van der Waals surface area contributed by atoms with Crippen molar-refractivity contribution in [3.8, 4) is 11.1 Å². The Labute approximate surface area is 186 Å². The van der Waals surface area contributed by atoms with Crippen molar-refractivity contribution >= 4 is 18.0 Å². The maximum Gasteiger partial charge on any atom is 0.407 e. The van der Waals surface area contributed by atoms with Gasteiger partial charge in [-0.1, -0.05) is 48.5 Å². The van der Waals surface area contributed by atoms with E-state index < -0.39 is 36.0 Å². The molecule has 0 fully saturated rings. The van der Waals surface area contributed by atoms with E-state index in [0.29, 0.717) is 0 Å². The number of ether oxygens (including phenoxy) is 2. The molecule has 0 heterocycles. The highest BCUT2D eigenvalue weighted by Gasteiger charge is 2.29. The van der Waals surface area contributed by atoms with Gasteiger partial charge in [-0.05, 0) is 36.1 Å². The van der Waals surface area contributed by atoms with E-state index >= 15 is 0 Å². The molecule has 8 nitrogen and oxygen atoms in total. The van der Waals surface area contributed by atoms with E-state index in [4.69, 9.17) is 14.6 Å². The Morgan fingerprint density at radius 3 is 2.09 bits per heavy atom. The van der Waals surface area contributed by atoms with Crippen molar-refractivity contribution in [1.82, 2.24) is 10.6 Å². The monoisotopic (exact) mass is 440 g/mol. The number of amides is 2. The van der Waals surface area contributed by atoms with Gasteiger partial charge in [-0.2, -0.15) is 0 Å². The fraction of sp³-hybridized carbons (Fsp3) is 0.375. The lowest BCUT2D eigenvalue weighted by atomic mass is 9.98. The molecule has 0 radical (unpaired) electrons. The van der Waals surface area contributed by atoms with Gasteiger partial charge in [0.1, 0.15) is 6.61 Å². The molecule has 3 atom stereocenters. The highest BCUT2D eigenvalue weighted by Crippen LogP contribution is 2.44. The Hall–Kier alpha value is -3.39. The number of fused-ring (bicyclic) bond motifs is 3. The van der Waals surface area contributed by atoms with Crippen LogP contribution in [-0.2, 0) is 19.1 Å². The minimum absolute atomic E-state index is 0.0620. The lowest BCUT2D eigenvalue weighted by Crippen LogP contribution is -2.49. The zero-order valence-electron chi connectivity index (χ0n) is 18.3. The molecule has 0 bridgehead atoms. The first-order valence-corrected chi connectivity index (χ1v) is 10.5. The number of carbonyl (C=O) groups excluding carboxylic acids is 2. The minimum Gasteiger partial charge on any atom is -0.481 e. The average Bonchev–Trinajstić information content (AvgIpc) is 3.11. The number of hydrogen-bond acceptors (Lipinski definition) is 5. The number of alkyl carbamates (subject to hydrolysis) is 1. The summed E-state index contributed by atoms with van der Waals surface area (Å²) in [6.45, 7) is 3.16. The van der Waals surface area contributed by atoms with Crippen molar-refractivity contribution in [2.45, 2.75) is 31.9 Å². The van der Waals surface area contributed by atoms with Crippen molar-refractivity contribution in [3.63, 3.8) is 0 Å². The van der Waals surface area contributed by atoms with Gasteiger partial charge in [0.15, 0.2) is 6.10 Å². The van der Waals surface area contributed by atoms with E-state index in [-0.39, 0.29) is 19.1 Å². The molecule has 0 saturated carbocycles. The van der Waals surface area contributed by atoms with Gasteiger partial charge in [0.05, 0.1) is 12.5 Å². The van der Waals surface area contributed by atoms with Gasteiger partial charge in [0, 0.05) is 19.1 Å². The summed E-state index contributed by atoms with van der Waals surface area (Å²) >= 11 is 0. The van der Waals surface area contributed by atoms with Crippen LogP contribution >= 0.6 is 0 Å². The zero-order valence-corrected chi connectivity index (χ0v) is 18.3. The molecule has 0 saturated heterocycles. The lowest BCUT2D eigenvalue weighted by molar-refractivity contribution is -0.142. The second-order valence-corrected chi connectivity index (χ2v) is 7.85. The van der Waals surface area contributed by atoms with Gasteiger partial charge in [-0.25, -0.2) is 4.79 Å². The Bertz CT molecular complexity index is 946. The molecule has 3 rings (SSSR count). The van der Waals surface area contributed by atoms with E-state index in [1.165, 1.54) is 14.0 Å². The van der Waals surface area contributed by atoms with E-state index in [1.54, 1.807) is 6.92 Å². The van der Waals surface area contributed by atoms with Gasteiger partial charge < -0.3 is 25.2 Å². The normalized spacial score (nSPS) is 15.1. The summed E-state index contributed by atoms with van der Waals surface area (Å²) in [6.07, 6.45) is -1.63. The topological polar surface area (TPSA) is 114 Å². The number of hydrogen-bond donors (Lipinski definition) is 3. The maximum atomic E-state index is 12.3. The van der Waals surface area contributed by atoms with E-state index in [1.807, 2.05) is 36.4 Å². The number of benzene rings is 2. The van der Waals surface area contributed by atoms with E-state index in [9.17, 15) is 14.4 Å². The quantitative estimate of drug-likeness (QED) is 0.553. The van der Waals surface area contributed by atoms with Crippen LogP contribution in [0.5, 0.6) is 0 Å². The van der Waals surface area contributed by atoms with Gasteiger partial charge in [0.2, 0.25) is 0 Å². The van der Waals surface area contributed by atoms with Crippen LogP contribution in [0.4, 0.5) is 4.79 Å². The summed E-state index contributed by atoms with van der Waals surface area (Å²) in [7, 11) is 1.34. The fourth-order valence-corrected chi connectivity index (χ4v) is 3.76. The van der Waals surface area contributed by atoms with Crippen LogP contribution in [0, 0.1) is 5.92 Å². The van der Waals surface area contributed by atoms with Crippen molar-refractivity contribution < 1.29 is 29.0 Å². The number of aliphatic carboxylic acids is 1. The molecule has 0 aliphatic heterocycles. The second kappa shape index (κ2) is 10.3. The summed E-state index contributed by atoms with van der Waals surface area (Å²) in [4.78, 5) is 35.7. The summed E-state index contributed by atoms with van der Waals surface area (Å²) in [5, 5.41) is 14.2. The average molecular weight is 440 g/mol. The van der Waals surface area contributed by atoms with Gasteiger partial charge in [-0.3, -0.25) is 9.59 Å². The van der Waals surface area contributed by atoms with Crippen LogP contribution in [0.1, 0.15) is 30.9 Å². The van der Waals surface area contributed by atoms with Gasteiger partial charge >= 0.3 is 12.1 Å². The molecule has 2 aromatic rings. The molecule has 3 unspecified atom stereocenters. The third-order valence-corrected chi connectivity index (χ3v) is 5.86. The number of carboxylic acid groups (broad SMARTS) is 1. The molecule has 3 N–H and O–H groups in total. The SMILES string of the molecule is COC(CNC(=O)OCC1c2ccccc2-c2ccccc21)C(=O)NC(C)C(C)C(=O)O. The van der Waals surface area contributed by atoms with Crippen molar-refractivity contribution in [1.29, 1.82) is 0 Å². The smallest absolute Gasteiger partial charge is 0.407 e. The summed E-state index contributed by atoms with van der Waals surface area (Å²) < 4.78 is 10.6. The molecule has 8 heteroatoms. The van der Waals surface area contributed by atoms with Crippen LogP contribution in [0.15, 0.2) is 48.5 Å². The predicted molar refractivity (Wildman–Crippen MR) is 118 cm³/mol. The molecular weight excluding hydrogens is 412 g/mol. The number of nitrogens with one attached hydrogen (secondary N) is 2. The molecule has 32 heavy (non-hydrogen) atoms. The zero-order chi connectivity index (χ0) is 23.3. The molecule has 170 valence electrons. The highest BCUT2D eigenvalue weighted by atomic mass is 16.5. The number of rotatable bonds is 9. The molecule has 1 aliphatic carbocycles. The van der Waals surface area contributed by atoms with E-state index in [0.717, 1.165) is 22.3 Å². The third-order valence-electron chi connectivity index (χ3n) is 5.86. The van der Waals surface area contributed by atoms with Crippen molar-refractivity contribution in [2.24, 2.45) is 5.92 Å². The van der Waals surface area contributed by atoms with Gasteiger partial charge in [-0.15, -0.1) is 0 Å². The number of methoxy groups -OCH3 is 1. The second-order valence-electron chi connectivity index (χ2n) is 7.85. The Morgan fingerprint density at radius 2 is 1.56 bits per heavy atom. The minimum atomic E-state index is -1.01. The van der Waals surface area contributed by atoms with Crippen LogP contribution in [0.3, 0.4) is 0 Å². The van der Waals surface area contributed by atoms with Crippen molar-refractivity contribution in [2.75, 3.05) is 20.3 Å². The molecule has 2 amide bonds. The largest absolute Gasteiger partial charge is 0.481 e. The Balaban J connectivity index is 1.54. The lowest BCUT2D eigenvalue weighted by Gasteiger charge is -2.22. The van der Waals surface area contributed by atoms with Crippen molar-refractivity contribution in [3.05, 3.63) is 59.7 Å². The Morgan fingerprint density at radius 1 is 1.00 bits per heavy atom. The van der Waals surface area contributed by atoms with Crippen LogP contribution in [0.2, 0.25) is 0 Å². The Kier molecular flexibility index (Phi) is 7.48. The first kappa shape index (κ1) is 23.3. The standard InChI is InChI=1S/C24H28N2O6/c1-14(23(28)29)15(2)26-22(27)21(31-3)12-25-24(30)32-13-20-18-10-6-4-8-16(18)17-9-5-7-11-19(17)20/h4-11,14-15,20-21H,12-13H2,1-3H3,(H,25,30)(H,26,27)(H,28,29). The summed E-state index contributed by atoms with van der Waals surface area (Å²) in [5.74, 6) is -2.34. The number of carbonyl (C=O) groups is 3. The first-order chi connectivity index (χ1) is 15.3. The molecule has 0 spiro atoms. The van der Waals surface area contributed by atoms with Crippen LogP contribution < -0.4 is 10.6 Å². The summed E-state index contributed by atoms with van der Waals surface area (Å²) in [5.41, 5.74) is 4.49. The maximum absolute atomic E-state index is 12.3. The van der Waals surface area contributed by atoms with Crippen LogP contribution in [0.25, 0.3) is 11.1 Å². The molecular formula is C24H28N2O6. The molecule has 0 aromatic heterocycles. The molecule has 2 aromatic carbocycles. The fourth-order valence-electron chi connectivity index (χ4n) is 3.76. The van der Waals surface area contributed by atoms with E-state index in [2.05, 4.69) is 22.8 Å². The number of carboxylic acids is 1. The first-order valence-electron chi connectivity index (χ1n) is 10.5. The van der Waals surface area contributed by atoms with Gasteiger partial charge in [0.25, 0.3) is 5.91 Å². The highest BCUT2D eigenvalue weighted by molar-refractivity contribution is 5.83. The molecule has 1 aliphatic rings. The third kappa shape index (κ3) is 5.08.